The molecule has 0 atom stereocenters. The molecule has 6 heteroatoms. The van der Waals surface area contributed by atoms with Crippen molar-refractivity contribution in [2.45, 2.75) is 0 Å². The highest BCUT2D eigenvalue weighted by Crippen LogP contribution is 2.33. The zero-order valence-electron chi connectivity index (χ0n) is 9.45. The molecule has 3 rings (SSSR count). The van der Waals surface area contributed by atoms with E-state index in [-0.39, 0.29) is 0 Å². The number of fused-ring (bicyclic) bond motifs is 1. The van der Waals surface area contributed by atoms with Crippen LogP contribution in [0.25, 0.3) is 22.6 Å². The molecule has 0 saturated carbocycles. The molecule has 3 aromatic rings. The van der Waals surface area contributed by atoms with Crippen LogP contribution in [0.15, 0.2) is 39.2 Å². The Morgan fingerprint density at radius 3 is 2.63 bits per heavy atom. The molecule has 0 aliphatic heterocycles. The fraction of sp³-hybridized carbons (Fsp3) is 0. The Hall–Kier alpha value is -1.23. The largest absolute Gasteiger partial charge is 0.435 e. The third-order valence-electron chi connectivity index (χ3n) is 2.58. The molecule has 0 fully saturated rings. The molecule has 0 unspecified atom stereocenters. The van der Waals surface area contributed by atoms with E-state index in [1.54, 1.807) is 24.3 Å². The number of aromatic nitrogens is 1. The number of benzene rings is 2. The maximum Gasteiger partial charge on any atom is 0.227 e. The maximum absolute atomic E-state index is 6.07. The van der Waals surface area contributed by atoms with Crippen LogP contribution in [0.3, 0.4) is 0 Å². The Labute approximate surface area is 127 Å². The summed E-state index contributed by atoms with van der Waals surface area (Å²) < 4.78 is 6.53. The summed E-state index contributed by atoms with van der Waals surface area (Å²) in [5.41, 5.74) is 8.32. The van der Waals surface area contributed by atoms with Crippen LogP contribution in [0.5, 0.6) is 0 Å². The van der Waals surface area contributed by atoms with Crippen molar-refractivity contribution in [2.75, 3.05) is 5.73 Å². The van der Waals surface area contributed by atoms with Gasteiger partial charge in [-0.1, -0.05) is 39.1 Å². The van der Waals surface area contributed by atoms with E-state index in [1.807, 2.05) is 6.07 Å². The van der Waals surface area contributed by atoms with E-state index >= 15 is 0 Å². The van der Waals surface area contributed by atoms with Gasteiger partial charge in [-0.3, -0.25) is 0 Å². The van der Waals surface area contributed by atoms with Gasteiger partial charge in [0.2, 0.25) is 5.89 Å². The second kappa shape index (κ2) is 4.71. The van der Waals surface area contributed by atoms with E-state index in [2.05, 4.69) is 20.9 Å². The van der Waals surface area contributed by atoms with Gasteiger partial charge in [-0.15, -0.1) is 0 Å². The van der Waals surface area contributed by atoms with Gasteiger partial charge in [-0.05, 0) is 30.3 Å². The van der Waals surface area contributed by atoms with Crippen molar-refractivity contribution in [3.63, 3.8) is 0 Å². The number of nitrogens with two attached hydrogens (primary N) is 1. The van der Waals surface area contributed by atoms with Crippen molar-refractivity contribution in [2.24, 2.45) is 0 Å². The van der Waals surface area contributed by atoms with Gasteiger partial charge in [-0.2, -0.15) is 0 Å². The van der Waals surface area contributed by atoms with Gasteiger partial charge in [-0.25, -0.2) is 4.98 Å². The van der Waals surface area contributed by atoms with Gasteiger partial charge >= 0.3 is 0 Å². The quantitative estimate of drug-likeness (QED) is 0.613. The molecular formula is C13H7BrCl2N2O. The number of hydrogen-bond donors (Lipinski definition) is 1. The summed E-state index contributed by atoms with van der Waals surface area (Å²) in [4.78, 5) is 4.37. The molecule has 1 aromatic heterocycles. The summed E-state index contributed by atoms with van der Waals surface area (Å²) in [6, 6.07) is 8.78. The number of halogens is 3. The Balaban J connectivity index is 2.23. The Morgan fingerprint density at radius 2 is 1.89 bits per heavy atom. The molecule has 2 aromatic carbocycles. The molecule has 0 aliphatic carbocycles. The number of nitrogen functional groups attached to an aromatic ring is 1. The standard InChI is InChI=1S/C13H7BrCl2N2O/c14-7-1-6(2-9(17)3-7)13-18-11-5-8(15)4-10(16)12(11)19-13/h1-5H,17H2. The van der Waals surface area contributed by atoms with Gasteiger partial charge in [0, 0.05) is 20.7 Å². The zero-order chi connectivity index (χ0) is 13.6. The minimum Gasteiger partial charge on any atom is -0.435 e. The van der Waals surface area contributed by atoms with E-state index in [0.29, 0.717) is 32.7 Å². The molecule has 96 valence electrons. The average Bonchev–Trinajstić information content (AvgIpc) is 2.71. The molecule has 0 amide bonds. The molecular weight excluding hydrogens is 351 g/mol. The van der Waals surface area contributed by atoms with Gasteiger partial charge in [0.1, 0.15) is 5.52 Å². The second-order valence-corrected chi connectivity index (χ2v) is 5.79. The minimum atomic E-state index is 0.434. The van der Waals surface area contributed by atoms with Crippen molar-refractivity contribution in [1.29, 1.82) is 0 Å². The predicted octanol–water partition coefficient (Wildman–Crippen LogP) is 5.15. The van der Waals surface area contributed by atoms with Gasteiger partial charge in [0.15, 0.2) is 5.58 Å². The predicted molar refractivity (Wildman–Crippen MR) is 81.6 cm³/mol. The third-order valence-corrected chi connectivity index (χ3v) is 3.53. The van der Waals surface area contributed by atoms with Crippen LogP contribution in [0, 0.1) is 0 Å². The zero-order valence-corrected chi connectivity index (χ0v) is 12.6. The summed E-state index contributed by atoms with van der Waals surface area (Å²) in [7, 11) is 0. The van der Waals surface area contributed by atoms with E-state index in [0.717, 1.165) is 10.0 Å². The van der Waals surface area contributed by atoms with Crippen molar-refractivity contribution in [1.82, 2.24) is 4.98 Å². The number of anilines is 1. The molecule has 1 heterocycles. The normalized spacial score (nSPS) is 11.1. The first-order valence-corrected chi connectivity index (χ1v) is 6.90. The van der Waals surface area contributed by atoms with Crippen molar-refractivity contribution >= 4 is 55.9 Å². The minimum absolute atomic E-state index is 0.434. The first-order valence-electron chi connectivity index (χ1n) is 5.35. The molecule has 0 bridgehead atoms. The van der Waals surface area contributed by atoms with Crippen LogP contribution >= 0.6 is 39.1 Å². The van der Waals surface area contributed by atoms with Gasteiger partial charge in [0.25, 0.3) is 0 Å². The second-order valence-electron chi connectivity index (χ2n) is 4.03. The maximum atomic E-state index is 6.07. The van der Waals surface area contributed by atoms with Crippen molar-refractivity contribution in [3.05, 3.63) is 44.8 Å². The van der Waals surface area contributed by atoms with Crippen molar-refractivity contribution in [3.8, 4) is 11.5 Å². The lowest BCUT2D eigenvalue weighted by Gasteiger charge is -1.99. The lowest BCUT2D eigenvalue weighted by Crippen LogP contribution is -1.86. The molecule has 2 N–H and O–H groups in total. The highest BCUT2D eigenvalue weighted by Gasteiger charge is 2.12. The van der Waals surface area contributed by atoms with Gasteiger partial charge < -0.3 is 10.2 Å². The Bertz CT molecular complexity index is 765. The molecule has 0 radical (unpaired) electrons. The Kier molecular flexibility index (Phi) is 3.17. The lowest BCUT2D eigenvalue weighted by molar-refractivity contribution is 0.620. The van der Waals surface area contributed by atoms with Crippen LogP contribution in [0.2, 0.25) is 10.0 Å². The highest BCUT2D eigenvalue weighted by atomic mass is 79.9. The lowest BCUT2D eigenvalue weighted by atomic mass is 10.2. The molecule has 0 spiro atoms. The van der Waals surface area contributed by atoms with Crippen molar-refractivity contribution < 1.29 is 4.42 Å². The summed E-state index contributed by atoms with van der Waals surface area (Å²) in [5, 5.41) is 0.954. The van der Waals surface area contributed by atoms with Crippen LogP contribution in [0.1, 0.15) is 0 Å². The monoisotopic (exact) mass is 356 g/mol. The Morgan fingerprint density at radius 1 is 1.11 bits per heavy atom. The summed E-state index contributed by atoms with van der Waals surface area (Å²) in [6.07, 6.45) is 0. The summed E-state index contributed by atoms with van der Waals surface area (Å²) in [5.74, 6) is 0.451. The van der Waals surface area contributed by atoms with Gasteiger partial charge in [0.05, 0.1) is 5.02 Å². The molecule has 0 saturated heterocycles. The van der Waals surface area contributed by atoms with Crippen LogP contribution in [0.4, 0.5) is 5.69 Å². The number of rotatable bonds is 1. The fourth-order valence-corrected chi connectivity index (χ4v) is 2.85. The van der Waals surface area contributed by atoms with E-state index in [9.17, 15) is 0 Å². The molecule has 3 nitrogen and oxygen atoms in total. The fourth-order valence-electron chi connectivity index (χ4n) is 1.82. The first kappa shape index (κ1) is 12.8. The number of hydrogen-bond acceptors (Lipinski definition) is 3. The third kappa shape index (κ3) is 2.43. The van der Waals surface area contributed by atoms with E-state index in [4.69, 9.17) is 33.4 Å². The topological polar surface area (TPSA) is 52.0 Å². The van der Waals surface area contributed by atoms with Crippen LogP contribution in [-0.4, -0.2) is 4.98 Å². The smallest absolute Gasteiger partial charge is 0.227 e. The van der Waals surface area contributed by atoms with Crippen LogP contribution < -0.4 is 5.73 Å². The summed E-state index contributed by atoms with van der Waals surface area (Å²) >= 11 is 15.4. The SMILES string of the molecule is Nc1cc(Br)cc(-c2nc3cc(Cl)cc(Cl)c3o2)c1. The molecule has 0 aliphatic rings. The van der Waals surface area contributed by atoms with E-state index in [1.165, 1.54) is 0 Å². The average molecular weight is 358 g/mol. The highest BCUT2D eigenvalue weighted by molar-refractivity contribution is 9.10. The number of oxazole rings is 1. The van der Waals surface area contributed by atoms with E-state index < -0.39 is 0 Å². The number of nitrogens with zero attached hydrogens (tertiary/aromatic N) is 1. The molecule has 19 heavy (non-hydrogen) atoms. The van der Waals surface area contributed by atoms with Crippen LogP contribution in [-0.2, 0) is 0 Å². The first-order chi connectivity index (χ1) is 9.02. The summed E-state index contributed by atoms with van der Waals surface area (Å²) in [6.45, 7) is 0.